The molecule has 0 spiro atoms. The molecular formula is C25H30Cl2N2O5. The molecule has 0 aromatic heterocycles. The lowest BCUT2D eigenvalue weighted by Crippen LogP contribution is -2.50. The number of hydrogen-bond donors (Lipinski definition) is 1. The van der Waals surface area contributed by atoms with Crippen molar-refractivity contribution in [3.63, 3.8) is 0 Å². The van der Waals surface area contributed by atoms with E-state index in [4.69, 9.17) is 37.4 Å². The van der Waals surface area contributed by atoms with Crippen LogP contribution in [0.15, 0.2) is 36.4 Å². The molecule has 9 heteroatoms. The van der Waals surface area contributed by atoms with Crippen LogP contribution in [0.1, 0.15) is 38.2 Å². The van der Waals surface area contributed by atoms with Crippen molar-refractivity contribution in [3.05, 3.63) is 52.0 Å². The number of halogens is 2. The third kappa shape index (κ3) is 6.93. The minimum Gasteiger partial charge on any atom is -0.496 e. The van der Waals surface area contributed by atoms with Crippen molar-refractivity contribution in [2.75, 3.05) is 20.8 Å². The molecule has 1 atom stereocenters. The third-order valence-electron chi connectivity index (χ3n) is 5.89. The molecular weight excluding hydrogens is 479 g/mol. The highest BCUT2D eigenvalue weighted by Crippen LogP contribution is 2.28. The quantitative estimate of drug-likeness (QED) is 0.495. The zero-order valence-electron chi connectivity index (χ0n) is 19.6. The van der Waals surface area contributed by atoms with Crippen LogP contribution in [0.5, 0.6) is 17.2 Å². The minimum atomic E-state index is -0.703. The summed E-state index contributed by atoms with van der Waals surface area (Å²) in [6.07, 6.45) is 4.12. The normalized spacial score (nSPS) is 14.4. The molecule has 3 rings (SSSR count). The van der Waals surface area contributed by atoms with Gasteiger partial charge < -0.3 is 24.4 Å². The SMILES string of the molecule is COc1cc(OC)cc(OCC(=O)N(Cc2ccc(Cl)c(Cl)c2)[C@@H](C)C(=O)NC2CCCC2)c1. The van der Waals surface area contributed by atoms with E-state index in [0.29, 0.717) is 27.3 Å². The van der Waals surface area contributed by atoms with Crippen molar-refractivity contribution in [1.29, 1.82) is 0 Å². The summed E-state index contributed by atoms with van der Waals surface area (Å²) >= 11 is 12.2. The standard InChI is InChI=1S/C25H30Cl2N2O5/c1-16(25(31)28-18-6-4-5-7-18)29(14-17-8-9-22(26)23(27)10-17)24(30)15-34-21-12-19(32-2)11-20(13-21)33-3/h8-13,16,18H,4-7,14-15H2,1-3H3,(H,28,31)/t16-/m0/s1. The van der Waals surface area contributed by atoms with Crippen molar-refractivity contribution in [1.82, 2.24) is 10.2 Å². The second kappa shape index (κ2) is 12.2. The van der Waals surface area contributed by atoms with Gasteiger partial charge in [0.1, 0.15) is 23.3 Å². The Hall–Kier alpha value is -2.64. The van der Waals surface area contributed by atoms with E-state index in [1.54, 1.807) is 43.3 Å². The number of nitrogens with one attached hydrogen (secondary N) is 1. The van der Waals surface area contributed by atoms with Crippen molar-refractivity contribution >= 4 is 35.0 Å². The van der Waals surface area contributed by atoms with E-state index in [1.807, 2.05) is 0 Å². The Morgan fingerprint density at radius 2 is 1.62 bits per heavy atom. The number of ether oxygens (including phenoxy) is 3. The largest absolute Gasteiger partial charge is 0.496 e. The van der Waals surface area contributed by atoms with Crippen molar-refractivity contribution in [3.8, 4) is 17.2 Å². The first-order valence-electron chi connectivity index (χ1n) is 11.2. The predicted molar refractivity (Wildman–Crippen MR) is 132 cm³/mol. The number of benzene rings is 2. The first kappa shape index (κ1) is 26.0. The molecule has 7 nitrogen and oxygen atoms in total. The summed E-state index contributed by atoms with van der Waals surface area (Å²) in [7, 11) is 3.07. The molecule has 0 radical (unpaired) electrons. The first-order chi connectivity index (χ1) is 16.3. The molecule has 1 aliphatic rings. The second-order valence-corrected chi connectivity index (χ2v) is 9.09. The van der Waals surface area contributed by atoms with Crippen LogP contribution in [-0.2, 0) is 16.1 Å². The van der Waals surface area contributed by atoms with Gasteiger partial charge in [0.05, 0.1) is 24.3 Å². The minimum absolute atomic E-state index is 0.150. The van der Waals surface area contributed by atoms with Crippen LogP contribution in [0.4, 0.5) is 0 Å². The van der Waals surface area contributed by atoms with Crippen LogP contribution in [0.3, 0.4) is 0 Å². The lowest BCUT2D eigenvalue weighted by molar-refractivity contribution is -0.142. The van der Waals surface area contributed by atoms with E-state index < -0.39 is 6.04 Å². The fourth-order valence-corrected chi connectivity index (χ4v) is 4.22. The topological polar surface area (TPSA) is 77.1 Å². The number of nitrogens with zero attached hydrogens (tertiary/aromatic N) is 1. The van der Waals surface area contributed by atoms with Crippen LogP contribution in [-0.4, -0.2) is 49.6 Å². The lowest BCUT2D eigenvalue weighted by atomic mass is 10.1. The van der Waals surface area contributed by atoms with Gasteiger partial charge >= 0.3 is 0 Å². The van der Waals surface area contributed by atoms with E-state index in [2.05, 4.69) is 5.32 Å². The Labute approximate surface area is 210 Å². The van der Waals surface area contributed by atoms with Crippen LogP contribution < -0.4 is 19.5 Å². The van der Waals surface area contributed by atoms with Gasteiger partial charge in [-0.3, -0.25) is 9.59 Å². The number of methoxy groups -OCH3 is 2. The zero-order chi connectivity index (χ0) is 24.7. The van der Waals surface area contributed by atoms with Crippen molar-refractivity contribution in [2.45, 2.75) is 51.2 Å². The van der Waals surface area contributed by atoms with E-state index in [9.17, 15) is 9.59 Å². The molecule has 0 saturated heterocycles. The smallest absolute Gasteiger partial charge is 0.261 e. The third-order valence-corrected chi connectivity index (χ3v) is 6.63. The maximum atomic E-state index is 13.3. The Bertz CT molecular complexity index is 989. The van der Waals surface area contributed by atoms with Gasteiger partial charge in [0, 0.05) is 30.8 Å². The van der Waals surface area contributed by atoms with E-state index in [0.717, 1.165) is 31.2 Å². The van der Waals surface area contributed by atoms with E-state index in [1.165, 1.54) is 19.1 Å². The monoisotopic (exact) mass is 508 g/mol. The summed E-state index contributed by atoms with van der Waals surface area (Å²) in [6, 6.07) is 9.63. The molecule has 2 aromatic carbocycles. The molecule has 184 valence electrons. The summed E-state index contributed by atoms with van der Waals surface area (Å²) in [5, 5.41) is 3.88. The molecule has 0 aliphatic heterocycles. The Balaban J connectivity index is 1.76. The lowest BCUT2D eigenvalue weighted by Gasteiger charge is -2.29. The second-order valence-electron chi connectivity index (χ2n) is 8.27. The Kier molecular flexibility index (Phi) is 9.30. The number of carbonyl (C=O) groups is 2. The molecule has 1 N–H and O–H groups in total. The summed E-state index contributed by atoms with van der Waals surface area (Å²) in [6.45, 7) is 1.63. The highest BCUT2D eigenvalue weighted by Gasteiger charge is 2.29. The number of rotatable bonds is 10. The van der Waals surface area contributed by atoms with Gasteiger partial charge in [0.15, 0.2) is 6.61 Å². The molecule has 2 amide bonds. The average molecular weight is 509 g/mol. The van der Waals surface area contributed by atoms with E-state index in [-0.39, 0.29) is 31.0 Å². The maximum absolute atomic E-state index is 13.3. The molecule has 2 aromatic rings. The fourth-order valence-electron chi connectivity index (χ4n) is 3.90. The molecule has 0 bridgehead atoms. The summed E-state index contributed by atoms with van der Waals surface area (Å²) in [4.78, 5) is 27.7. The highest BCUT2D eigenvalue weighted by molar-refractivity contribution is 6.42. The van der Waals surface area contributed by atoms with Gasteiger partial charge in [0.25, 0.3) is 5.91 Å². The van der Waals surface area contributed by atoms with Crippen molar-refractivity contribution < 1.29 is 23.8 Å². The first-order valence-corrected chi connectivity index (χ1v) is 12.0. The van der Waals surface area contributed by atoms with Crippen LogP contribution in [0.25, 0.3) is 0 Å². The van der Waals surface area contributed by atoms with Gasteiger partial charge in [-0.25, -0.2) is 0 Å². The fraction of sp³-hybridized carbons (Fsp3) is 0.440. The van der Waals surface area contributed by atoms with E-state index >= 15 is 0 Å². The van der Waals surface area contributed by atoms with Gasteiger partial charge in [-0.1, -0.05) is 42.1 Å². The molecule has 0 heterocycles. The maximum Gasteiger partial charge on any atom is 0.261 e. The summed E-state index contributed by atoms with van der Waals surface area (Å²) in [5.74, 6) is 0.963. The number of amides is 2. The van der Waals surface area contributed by atoms with Crippen molar-refractivity contribution in [2.24, 2.45) is 0 Å². The molecule has 34 heavy (non-hydrogen) atoms. The summed E-state index contributed by atoms with van der Waals surface area (Å²) < 4.78 is 16.3. The highest BCUT2D eigenvalue weighted by atomic mass is 35.5. The van der Waals surface area contributed by atoms with Gasteiger partial charge in [-0.15, -0.1) is 0 Å². The Morgan fingerprint density at radius 1 is 1.00 bits per heavy atom. The molecule has 0 unspecified atom stereocenters. The van der Waals surface area contributed by atoms with Crippen LogP contribution >= 0.6 is 23.2 Å². The van der Waals surface area contributed by atoms with Crippen LogP contribution in [0.2, 0.25) is 10.0 Å². The molecule has 1 fully saturated rings. The number of carbonyl (C=O) groups excluding carboxylic acids is 2. The molecule has 1 aliphatic carbocycles. The molecule has 1 saturated carbocycles. The zero-order valence-corrected chi connectivity index (χ0v) is 21.1. The predicted octanol–water partition coefficient (Wildman–Crippen LogP) is 4.87. The van der Waals surface area contributed by atoms with Gasteiger partial charge in [0.2, 0.25) is 5.91 Å². The number of hydrogen-bond acceptors (Lipinski definition) is 5. The van der Waals surface area contributed by atoms with Gasteiger partial charge in [-0.2, -0.15) is 0 Å². The summed E-state index contributed by atoms with van der Waals surface area (Å²) in [5.41, 5.74) is 0.756. The van der Waals surface area contributed by atoms with Gasteiger partial charge in [-0.05, 0) is 37.5 Å². The van der Waals surface area contributed by atoms with Crippen LogP contribution in [0, 0.1) is 0 Å². The average Bonchev–Trinajstić information content (AvgIpc) is 3.35. The Morgan fingerprint density at radius 3 is 2.21 bits per heavy atom.